The van der Waals surface area contributed by atoms with Crippen LogP contribution < -0.4 is 0 Å². The summed E-state index contributed by atoms with van der Waals surface area (Å²) >= 11 is 0. The van der Waals surface area contributed by atoms with E-state index in [9.17, 15) is 9.90 Å². The van der Waals surface area contributed by atoms with E-state index in [1.165, 1.54) is 26.2 Å². The van der Waals surface area contributed by atoms with E-state index in [0.29, 0.717) is 29.8 Å². The minimum Gasteiger partial charge on any atom is -0.463 e. The summed E-state index contributed by atoms with van der Waals surface area (Å²) in [5, 5.41) is 11.5. The van der Waals surface area contributed by atoms with Gasteiger partial charge in [-0.1, -0.05) is 13.8 Å². The molecule has 0 aliphatic heterocycles. The van der Waals surface area contributed by atoms with Crippen molar-refractivity contribution in [1.82, 2.24) is 0 Å². The number of rotatable bonds is 2. The van der Waals surface area contributed by atoms with Crippen LogP contribution in [0.4, 0.5) is 0 Å². The Balaban J connectivity index is 1.53. The summed E-state index contributed by atoms with van der Waals surface area (Å²) in [6.45, 7) is 8.81. The summed E-state index contributed by atoms with van der Waals surface area (Å²) in [5.41, 5.74) is -0.697. The molecule has 8 atom stereocenters. The normalized spacial score (nSPS) is 48.4. The largest absolute Gasteiger partial charge is 0.463 e. The van der Waals surface area contributed by atoms with E-state index < -0.39 is 5.60 Å². The van der Waals surface area contributed by atoms with Crippen molar-refractivity contribution < 1.29 is 19.4 Å². The van der Waals surface area contributed by atoms with E-state index >= 15 is 0 Å². The van der Waals surface area contributed by atoms with Crippen molar-refractivity contribution in [3.05, 3.63) is 0 Å². The highest BCUT2D eigenvalue weighted by Crippen LogP contribution is 2.68. The molecule has 0 aromatic heterocycles. The Hall–Kier alpha value is -1.21. The fourth-order valence-corrected chi connectivity index (χ4v) is 7.97. The lowest BCUT2D eigenvalue weighted by atomic mass is 9.44. The summed E-state index contributed by atoms with van der Waals surface area (Å²) < 4.78 is 10.8. The zero-order valence-electron chi connectivity index (χ0n) is 18.6. The second-order valence-electron chi connectivity index (χ2n) is 10.7. The highest BCUT2D eigenvalue weighted by atomic mass is 16.5. The van der Waals surface area contributed by atoms with Crippen molar-refractivity contribution in [3.63, 3.8) is 0 Å². The van der Waals surface area contributed by atoms with E-state index in [-0.39, 0.29) is 17.5 Å². The Labute approximate surface area is 176 Å². The molecule has 162 valence electrons. The molecular weight excluding hydrogens is 364 g/mol. The highest BCUT2D eigenvalue weighted by Gasteiger charge is 2.64. The predicted octanol–water partition coefficient (Wildman–Crippen LogP) is 4.69. The number of hydrogen-bond donors (Lipinski definition) is 1. The van der Waals surface area contributed by atoms with Crippen LogP contribution in [0.1, 0.15) is 85.5 Å². The second kappa shape index (κ2) is 7.49. The molecular formula is C25H38O4. The molecule has 4 aliphatic carbocycles. The Morgan fingerprint density at radius 3 is 2.55 bits per heavy atom. The average molecular weight is 403 g/mol. The van der Waals surface area contributed by atoms with E-state index in [0.717, 1.165) is 44.4 Å². The summed E-state index contributed by atoms with van der Waals surface area (Å²) in [6.07, 6.45) is 12.6. The molecule has 1 N–H and O–H groups in total. The SMILES string of the molecule is CCOC#C[C@]1(O)CC[C@@H]2[C@@H]3CC[C@H]4C[C@H](OC(C)=O)CC[C@]4(C)[C@@H]3CC[C@]21C. The standard InChI is InChI=1S/C25H38O4/c1-5-28-15-14-25(27)13-10-22-20-7-6-18-16-19(29-17(2)26)8-11-23(18,3)21(20)9-12-24(22,25)4/h18-22,27H,5-13,16H2,1-4H3/t18-,19+,20+,21+,22+,23-,24+,25+/m0/s1. The maximum atomic E-state index is 11.5. The van der Waals surface area contributed by atoms with Crippen LogP contribution in [0, 0.1) is 46.5 Å². The Kier molecular flexibility index (Phi) is 5.43. The fraction of sp³-hybridized carbons (Fsp3) is 0.880. The number of aliphatic hydroxyl groups is 1. The molecule has 4 fully saturated rings. The molecule has 0 aromatic rings. The first kappa shape index (κ1) is 21.0. The molecule has 0 spiro atoms. The van der Waals surface area contributed by atoms with E-state index in [4.69, 9.17) is 9.47 Å². The smallest absolute Gasteiger partial charge is 0.302 e. The van der Waals surface area contributed by atoms with Crippen LogP contribution in [-0.2, 0) is 14.3 Å². The van der Waals surface area contributed by atoms with Gasteiger partial charge in [0, 0.05) is 12.3 Å². The van der Waals surface area contributed by atoms with Crippen molar-refractivity contribution in [2.45, 2.75) is 97.2 Å². The minimum atomic E-state index is -0.914. The van der Waals surface area contributed by atoms with Crippen LogP contribution in [0.25, 0.3) is 0 Å². The van der Waals surface area contributed by atoms with Gasteiger partial charge >= 0.3 is 5.97 Å². The van der Waals surface area contributed by atoms with Crippen molar-refractivity contribution in [2.75, 3.05) is 6.61 Å². The monoisotopic (exact) mass is 402 g/mol. The van der Waals surface area contributed by atoms with Crippen LogP contribution in [0.2, 0.25) is 0 Å². The molecule has 4 saturated carbocycles. The van der Waals surface area contributed by atoms with E-state index in [1.807, 2.05) is 6.92 Å². The van der Waals surface area contributed by atoms with Crippen molar-refractivity contribution in [2.24, 2.45) is 34.5 Å². The second-order valence-corrected chi connectivity index (χ2v) is 10.7. The molecule has 0 amide bonds. The van der Waals surface area contributed by atoms with Crippen molar-refractivity contribution >= 4 is 5.97 Å². The van der Waals surface area contributed by atoms with Gasteiger partial charge in [-0.25, -0.2) is 0 Å². The third-order valence-corrected chi connectivity index (χ3v) is 9.58. The lowest BCUT2D eigenvalue weighted by Crippen LogP contribution is -2.56. The first-order valence-corrected chi connectivity index (χ1v) is 11.8. The van der Waals surface area contributed by atoms with Gasteiger partial charge in [-0.15, -0.1) is 0 Å². The van der Waals surface area contributed by atoms with Gasteiger partial charge in [-0.05, 0) is 99.7 Å². The van der Waals surface area contributed by atoms with Gasteiger partial charge < -0.3 is 14.6 Å². The van der Waals surface area contributed by atoms with Gasteiger partial charge in [-0.2, -0.15) is 0 Å². The number of esters is 1. The number of fused-ring (bicyclic) bond motifs is 5. The maximum absolute atomic E-state index is 11.5. The van der Waals surface area contributed by atoms with Crippen molar-refractivity contribution in [3.8, 4) is 12.0 Å². The van der Waals surface area contributed by atoms with Gasteiger partial charge in [-0.3, -0.25) is 4.79 Å². The molecule has 0 saturated heterocycles. The minimum absolute atomic E-state index is 0.112. The molecule has 0 bridgehead atoms. The quantitative estimate of drug-likeness (QED) is 0.538. The lowest BCUT2D eigenvalue weighted by molar-refractivity contribution is -0.164. The Bertz CT molecular complexity index is 707. The molecule has 0 heterocycles. The van der Waals surface area contributed by atoms with Gasteiger partial charge in [0.15, 0.2) is 0 Å². The molecule has 4 aliphatic rings. The third kappa shape index (κ3) is 3.29. The predicted molar refractivity (Wildman–Crippen MR) is 112 cm³/mol. The summed E-state index contributed by atoms with van der Waals surface area (Å²) in [4.78, 5) is 11.4. The zero-order valence-corrected chi connectivity index (χ0v) is 18.6. The number of hydrogen-bond acceptors (Lipinski definition) is 4. The Morgan fingerprint density at radius 1 is 1.07 bits per heavy atom. The Morgan fingerprint density at radius 2 is 1.83 bits per heavy atom. The van der Waals surface area contributed by atoms with Crippen LogP contribution in [0.5, 0.6) is 0 Å². The zero-order chi connectivity index (χ0) is 20.9. The van der Waals surface area contributed by atoms with Gasteiger partial charge in [0.2, 0.25) is 0 Å². The maximum Gasteiger partial charge on any atom is 0.302 e. The molecule has 0 aromatic carbocycles. The van der Waals surface area contributed by atoms with Gasteiger partial charge in [0.05, 0.1) is 6.61 Å². The van der Waals surface area contributed by atoms with Crippen LogP contribution >= 0.6 is 0 Å². The summed E-state index contributed by atoms with van der Waals surface area (Å²) in [7, 11) is 0. The lowest BCUT2D eigenvalue weighted by Gasteiger charge is -2.61. The van der Waals surface area contributed by atoms with Gasteiger partial charge in [0.25, 0.3) is 0 Å². The molecule has 0 radical (unpaired) electrons. The highest BCUT2D eigenvalue weighted by molar-refractivity contribution is 5.66. The first-order valence-electron chi connectivity index (χ1n) is 11.8. The number of ether oxygens (including phenoxy) is 2. The first-order chi connectivity index (χ1) is 13.7. The van der Waals surface area contributed by atoms with Crippen LogP contribution in [0.3, 0.4) is 0 Å². The van der Waals surface area contributed by atoms with E-state index in [1.54, 1.807) is 0 Å². The average Bonchev–Trinajstić information content (AvgIpc) is 2.93. The molecule has 4 nitrogen and oxygen atoms in total. The van der Waals surface area contributed by atoms with Crippen molar-refractivity contribution in [1.29, 1.82) is 0 Å². The molecule has 29 heavy (non-hydrogen) atoms. The summed E-state index contributed by atoms with van der Waals surface area (Å²) in [5.74, 6) is 5.59. The van der Waals surface area contributed by atoms with E-state index in [2.05, 4.69) is 25.9 Å². The number of carbonyl (C=O) groups excluding carboxylic acids is 1. The number of carbonyl (C=O) groups is 1. The molecule has 0 unspecified atom stereocenters. The molecule has 4 rings (SSSR count). The third-order valence-electron chi connectivity index (χ3n) is 9.58. The topological polar surface area (TPSA) is 55.8 Å². The summed E-state index contributed by atoms with van der Waals surface area (Å²) in [6, 6.07) is 0. The van der Waals surface area contributed by atoms with Crippen LogP contribution in [-0.4, -0.2) is 29.4 Å². The molecule has 4 heteroatoms. The van der Waals surface area contributed by atoms with Crippen LogP contribution in [0.15, 0.2) is 0 Å². The fourth-order valence-electron chi connectivity index (χ4n) is 7.97. The van der Waals surface area contributed by atoms with Gasteiger partial charge in [0.1, 0.15) is 17.8 Å².